The number of piperazine rings is 1. The van der Waals surface area contributed by atoms with Gasteiger partial charge in [-0.1, -0.05) is 6.92 Å². The zero-order chi connectivity index (χ0) is 13.1. The van der Waals surface area contributed by atoms with E-state index in [0.717, 1.165) is 12.1 Å². The van der Waals surface area contributed by atoms with Gasteiger partial charge in [0.05, 0.1) is 11.4 Å². The lowest BCUT2D eigenvalue weighted by molar-refractivity contribution is -0.123. The van der Waals surface area contributed by atoms with Crippen molar-refractivity contribution in [3.63, 3.8) is 0 Å². The molecule has 2 rings (SSSR count). The Morgan fingerprint density at radius 3 is 3.06 bits per heavy atom. The van der Waals surface area contributed by atoms with Crippen LogP contribution in [0, 0.1) is 0 Å². The maximum absolute atomic E-state index is 12.0. The van der Waals surface area contributed by atoms with E-state index in [2.05, 4.69) is 15.7 Å². The van der Waals surface area contributed by atoms with Gasteiger partial charge in [0.2, 0.25) is 5.91 Å². The van der Waals surface area contributed by atoms with E-state index in [9.17, 15) is 9.59 Å². The minimum absolute atomic E-state index is 0.105. The fraction of sp³-hybridized carbons (Fsp3) is 0.545. The molecular formula is C11H17N5O2. The number of nitrogens with one attached hydrogen (secondary N) is 2. The largest absolute Gasteiger partial charge is 0.353 e. The fourth-order valence-corrected chi connectivity index (χ4v) is 1.91. The van der Waals surface area contributed by atoms with Crippen molar-refractivity contribution in [2.45, 2.75) is 13.3 Å². The molecule has 18 heavy (non-hydrogen) atoms. The Hall–Kier alpha value is -2.05. The Bertz CT molecular complexity index is 468. The van der Waals surface area contributed by atoms with Crippen molar-refractivity contribution >= 4 is 17.6 Å². The summed E-state index contributed by atoms with van der Waals surface area (Å²) in [6.45, 7) is 3.11. The van der Waals surface area contributed by atoms with Crippen molar-refractivity contribution in [3.05, 3.63) is 11.9 Å². The maximum atomic E-state index is 12.0. The number of rotatable bonds is 2. The molecule has 2 heterocycles. The van der Waals surface area contributed by atoms with Crippen LogP contribution in [0.3, 0.4) is 0 Å². The van der Waals surface area contributed by atoms with Crippen LogP contribution in [-0.2, 0) is 18.3 Å². The molecule has 0 aromatic carbocycles. The van der Waals surface area contributed by atoms with Crippen LogP contribution in [-0.4, -0.2) is 46.3 Å². The highest BCUT2D eigenvalue weighted by molar-refractivity contribution is 5.93. The molecule has 0 saturated carbocycles. The Balaban J connectivity index is 2.04. The molecule has 1 aromatic heterocycles. The third kappa shape index (κ3) is 2.61. The minimum Gasteiger partial charge on any atom is -0.353 e. The van der Waals surface area contributed by atoms with E-state index in [1.807, 2.05) is 14.0 Å². The number of hydrogen-bond acceptors (Lipinski definition) is 3. The van der Waals surface area contributed by atoms with Crippen molar-refractivity contribution in [1.82, 2.24) is 20.0 Å². The van der Waals surface area contributed by atoms with E-state index in [-0.39, 0.29) is 18.5 Å². The van der Waals surface area contributed by atoms with Crippen LogP contribution < -0.4 is 10.6 Å². The lowest BCUT2D eigenvalue weighted by atomic mass is 10.3. The zero-order valence-electron chi connectivity index (χ0n) is 10.6. The van der Waals surface area contributed by atoms with Gasteiger partial charge in [-0.25, -0.2) is 4.79 Å². The van der Waals surface area contributed by atoms with Crippen LogP contribution in [0.2, 0.25) is 0 Å². The molecule has 7 heteroatoms. The zero-order valence-corrected chi connectivity index (χ0v) is 10.6. The maximum Gasteiger partial charge on any atom is 0.322 e. The molecule has 1 aromatic rings. The minimum atomic E-state index is -0.257. The average molecular weight is 251 g/mol. The summed E-state index contributed by atoms with van der Waals surface area (Å²) in [5.74, 6) is -0.127. The first-order chi connectivity index (χ1) is 8.60. The van der Waals surface area contributed by atoms with Crippen LogP contribution in [0.4, 0.5) is 10.5 Å². The van der Waals surface area contributed by atoms with Crippen LogP contribution in [0.5, 0.6) is 0 Å². The van der Waals surface area contributed by atoms with Gasteiger partial charge in [0, 0.05) is 26.3 Å². The molecular weight excluding hydrogens is 234 g/mol. The highest BCUT2D eigenvalue weighted by Crippen LogP contribution is 2.14. The Morgan fingerprint density at radius 1 is 1.61 bits per heavy atom. The first kappa shape index (κ1) is 12.4. The lowest BCUT2D eigenvalue weighted by Crippen LogP contribution is -2.51. The topological polar surface area (TPSA) is 79.3 Å². The van der Waals surface area contributed by atoms with E-state index in [1.54, 1.807) is 10.9 Å². The second-order valence-corrected chi connectivity index (χ2v) is 4.22. The summed E-state index contributed by atoms with van der Waals surface area (Å²) in [6.07, 6.45) is 2.51. The first-order valence-corrected chi connectivity index (χ1v) is 5.95. The molecule has 3 amide bonds. The number of aromatic nitrogens is 2. The number of carbonyl (C=O) groups excluding carboxylic acids is 2. The summed E-state index contributed by atoms with van der Waals surface area (Å²) in [4.78, 5) is 24.7. The number of amides is 3. The molecule has 0 radical (unpaired) electrons. The third-order valence-corrected chi connectivity index (χ3v) is 2.81. The molecule has 0 unspecified atom stereocenters. The van der Waals surface area contributed by atoms with Crippen LogP contribution >= 0.6 is 0 Å². The third-order valence-electron chi connectivity index (χ3n) is 2.81. The van der Waals surface area contributed by atoms with E-state index < -0.39 is 0 Å². The van der Waals surface area contributed by atoms with Gasteiger partial charge in [-0.2, -0.15) is 5.10 Å². The number of carbonyl (C=O) groups is 2. The van der Waals surface area contributed by atoms with Gasteiger partial charge >= 0.3 is 6.03 Å². The smallest absolute Gasteiger partial charge is 0.322 e. The molecule has 0 bridgehead atoms. The summed E-state index contributed by atoms with van der Waals surface area (Å²) in [5, 5.41) is 9.72. The number of nitrogens with zero attached hydrogens (tertiary/aromatic N) is 3. The van der Waals surface area contributed by atoms with Gasteiger partial charge in [-0.15, -0.1) is 0 Å². The van der Waals surface area contributed by atoms with Crippen molar-refractivity contribution in [2.75, 3.05) is 25.0 Å². The SMILES string of the molecule is CCc1nn(C)cc1NC(=O)N1CCNC(=O)C1. The Kier molecular flexibility index (Phi) is 3.50. The molecule has 1 saturated heterocycles. The van der Waals surface area contributed by atoms with Gasteiger partial charge in [0.15, 0.2) is 0 Å². The van der Waals surface area contributed by atoms with Crippen LogP contribution in [0.25, 0.3) is 0 Å². The molecule has 98 valence electrons. The van der Waals surface area contributed by atoms with Crippen LogP contribution in [0.1, 0.15) is 12.6 Å². The summed E-state index contributed by atoms with van der Waals surface area (Å²) in [6, 6.07) is -0.257. The molecule has 1 aliphatic rings. The summed E-state index contributed by atoms with van der Waals surface area (Å²) in [5.41, 5.74) is 1.54. The van der Waals surface area contributed by atoms with Crippen LogP contribution in [0.15, 0.2) is 6.20 Å². The second kappa shape index (κ2) is 5.07. The van der Waals surface area contributed by atoms with Crippen molar-refractivity contribution in [1.29, 1.82) is 0 Å². The van der Waals surface area contributed by atoms with E-state index in [4.69, 9.17) is 0 Å². The normalized spacial score (nSPS) is 15.4. The number of aryl methyl sites for hydroxylation is 2. The van der Waals surface area contributed by atoms with Crippen molar-refractivity contribution in [2.24, 2.45) is 7.05 Å². The second-order valence-electron chi connectivity index (χ2n) is 4.22. The molecule has 1 aliphatic heterocycles. The molecule has 0 atom stereocenters. The standard InChI is InChI=1S/C11H17N5O2/c1-3-8-9(6-15(2)14-8)13-11(18)16-5-4-12-10(17)7-16/h6H,3-5,7H2,1-2H3,(H,12,17)(H,13,18). The highest BCUT2D eigenvalue weighted by Gasteiger charge is 2.22. The monoisotopic (exact) mass is 251 g/mol. The fourth-order valence-electron chi connectivity index (χ4n) is 1.91. The number of hydrogen-bond donors (Lipinski definition) is 2. The number of urea groups is 1. The van der Waals surface area contributed by atoms with E-state index in [1.165, 1.54) is 4.90 Å². The van der Waals surface area contributed by atoms with E-state index in [0.29, 0.717) is 18.8 Å². The Morgan fingerprint density at radius 2 is 2.39 bits per heavy atom. The predicted molar refractivity (Wildman–Crippen MR) is 66.2 cm³/mol. The Labute approximate surface area is 105 Å². The lowest BCUT2D eigenvalue weighted by Gasteiger charge is -2.26. The van der Waals surface area contributed by atoms with Crippen molar-refractivity contribution in [3.8, 4) is 0 Å². The first-order valence-electron chi connectivity index (χ1n) is 5.95. The molecule has 2 N–H and O–H groups in total. The van der Waals surface area contributed by atoms with Gasteiger partial charge in [0.25, 0.3) is 0 Å². The van der Waals surface area contributed by atoms with Crippen molar-refractivity contribution < 1.29 is 9.59 Å². The van der Waals surface area contributed by atoms with E-state index >= 15 is 0 Å². The summed E-state index contributed by atoms with van der Waals surface area (Å²) < 4.78 is 1.66. The molecule has 0 aliphatic carbocycles. The molecule has 0 spiro atoms. The summed E-state index contributed by atoms with van der Waals surface area (Å²) >= 11 is 0. The summed E-state index contributed by atoms with van der Waals surface area (Å²) in [7, 11) is 1.81. The average Bonchev–Trinajstić information content (AvgIpc) is 2.69. The molecule has 1 fully saturated rings. The van der Waals surface area contributed by atoms with Gasteiger partial charge in [-0.3, -0.25) is 9.48 Å². The predicted octanol–water partition coefficient (Wildman–Crippen LogP) is -0.0538. The quantitative estimate of drug-likeness (QED) is 0.773. The van der Waals surface area contributed by atoms with Gasteiger partial charge in [0.1, 0.15) is 6.54 Å². The molecule has 7 nitrogen and oxygen atoms in total. The highest BCUT2D eigenvalue weighted by atomic mass is 16.2. The van der Waals surface area contributed by atoms with Gasteiger partial charge in [-0.05, 0) is 6.42 Å². The van der Waals surface area contributed by atoms with Gasteiger partial charge < -0.3 is 15.5 Å². The number of anilines is 1.